The van der Waals surface area contributed by atoms with Gasteiger partial charge < -0.3 is 9.88 Å². The minimum Gasteiger partial charge on any atom is -0.342 e. The second-order valence-corrected chi connectivity index (χ2v) is 5.57. The molecule has 0 bridgehead atoms. The average molecular weight is 286 g/mol. The van der Waals surface area contributed by atoms with Gasteiger partial charge in [0, 0.05) is 17.8 Å². The Hall–Kier alpha value is -1.94. The van der Waals surface area contributed by atoms with E-state index in [-0.39, 0.29) is 11.6 Å². The summed E-state index contributed by atoms with van der Waals surface area (Å²) in [4.78, 5) is 12.7. The number of halogens is 1. The first-order chi connectivity index (χ1) is 10.2. The number of aromatic nitrogens is 1. The van der Waals surface area contributed by atoms with E-state index >= 15 is 0 Å². The van der Waals surface area contributed by atoms with E-state index in [2.05, 4.69) is 9.88 Å². The van der Waals surface area contributed by atoms with Crippen molar-refractivity contribution in [2.24, 2.45) is 0 Å². The van der Waals surface area contributed by atoms with Gasteiger partial charge in [0.15, 0.2) is 0 Å². The highest BCUT2D eigenvalue weighted by Crippen LogP contribution is 2.24. The molecule has 0 atom stereocenters. The first-order valence-corrected chi connectivity index (χ1v) is 7.35. The molecular formula is C17H19FN2O. The smallest absolute Gasteiger partial charge is 0.209 e. The molecule has 1 N–H and O–H groups in total. The molecule has 110 valence electrons. The number of benzene rings is 1. The summed E-state index contributed by atoms with van der Waals surface area (Å²) >= 11 is 0. The molecule has 0 radical (unpaired) electrons. The predicted molar refractivity (Wildman–Crippen MR) is 80.1 cm³/mol. The SMILES string of the molecule is Cc1cc(F)ccc1C(=O)c1cccn1C1CCNCC1. The van der Waals surface area contributed by atoms with E-state index in [0.29, 0.717) is 22.9 Å². The van der Waals surface area contributed by atoms with E-state index in [1.165, 1.54) is 12.1 Å². The molecule has 2 aromatic rings. The molecule has 1 saturated heterocycles. The number of ketones is 1. The fourth-order valence-electron chi connectivity index (χ4n) is 3.01. The van der Waals surface area contributed by atoms with E-state index in [4.69, 9.17) is 0 Å². The van der Waals surface area contributed by atoms with E-state index in [1.807, 2.05) is 18.3 Å². The summed E-state index contributed by atoms with van der Waals surface area (Å²) in [5.74, 6) is -0.339. The van der Waals surface area contributed by atoms with Crippen molar-refractivity contribution in [3.63, 3.8) is 0 Å². The lowest BCUT2D eigenvalue weighted by Crippen LogP contribution is -2.30. The van der Waals surface area contributed by atoms with E-state index < -0.39 is 0 Å². The van der Waals surface area contributed by atoms with Crippen LogP contribution in [0.1, 0.15) is 40.5 Å². The third kappa shape index (κ3) is 2.76. The number of aryl methyl sites for hydroxylation is 1. The Morgan fingerprint density at radius 2 is 2.05 bits per heavy atom. The zero-order valence-electron chi connectivity index (χ0n) is 12.1. The summed E-state index contributed by atoms with van der Waals surface area (Å²) in [6.45, 7) is 3.73. The summed E-state index contributed by atoms with van der Waals surface area (Å²) < 4.78 is 15.3. The molecule has 3 rings (SSSR count). The second kappa shape index (κ2) is 5.82. The Kier molecular flexibility index (Phi) is 3.88. The van der Waals surface area contributed by atoms with Crippen LogP contribution >= 0.6 is 0 Å². The number of carbonyl (C=O) groups excluding carboxylic acids is 1. The van der Waals surface area contributed by atoms with Crippen LogP contribution in [0.3, 0.4) is 0 Å². The second-order valence-electron chi connectivity index (χ2n) is 5.57. The molecule has 1 aromatic carbocycles. The fourth-order valence-corrected chi connectivity index (χ4v) is 3.01. The molecule has 1 aromatic heterocycles. The summed E-state index contributed by atoms with van der Waals surface area (Å²) in [5.41, 5.74) is 1.94. The topological polar surface area (TPSA) is 34.0 Å². The van der Waals surface area contributed by atoms with Crippen molar-refractivity contribution in [2.45, 2.75) is 25.8 Å². The Morgan fingerprint density at radius 3 is 2.76 bits per heavy atom. The monoisotopic (exact) mass is 286 g/mol. The molecule has 4 heteroatoms. The van der Waals surface area contributed by atoms with E-state index in [0.717, 1.165) is 25.9 Å². The molecule has 0 saturated carbocycles. The van der Waals surface area contributed by atoms with Gasteiger partial charge in [0.25, 0.3) is 0 Å². The highest BCUT2D eigenvalue weighted by atomic mass is 19.1. The maximum atomic E-state index is 13.2. The van der Waals surface area contributed by atoms with Crippen molar-refractivity contribution in [2.75, 3.05) is 13.1 Å². The lowest BCUT2D eigenvalue weighted by atomic mass is 10.0. The maximum absolute atomic E-state index is 13.2. The van der Waals surface area contributed by atoms with Gasteiger partial charge in [-0.2, -0.15) is 0 Å². The molecule has 3 nitrogen and oxygen atoms in total. The fraction of sp³-hybridized carbons (Fsp3) is 0.353. The van der Waals surface area contributed by atoms with Gasteiger partial charge in [0.2, 0.25) is 5.78 Å². The van der Waals surface area contributed by atoms with Gasteiger partial charge in [-0.1, -0.05) is 0 Å². The van der Waals surface area contributed by atoms with Crippen LogP contribution < -0.4 is 5.32 Å². The van der Waals surface area contributed by atoms with Crippen LogP contribution in [0.4, 0.5) is 4.39 Å². The average Bonchev–Trinajstić information content (AvgIpc) is 2.97. The highest BCUT2D eigenvalue weighted by molar-refractivity contribution is 6.08. The Balaban J connectivity index is 1.93. The Labute approximate surface area is 123 Å². The molecule has 1 aliphatic rings. The zero-order chi connectivity index (χ0) is 14.8. The van der Waals surface area contributed by atoms with Crippen molar-refractivity contribution < 1.29 is 9.18 Å². The molecule has 0 amide bonds. The van der Waals surface area contributed by atoms with E-state index in [9.17, 15) is 9.18 Å². The molecule has 2 heterocycles. The van der Waals surface area contributed by atoms with Gasteiger partial charge in [-0.3, -0.25) is 4.79 Å². The summed E-state index contributed by atoms with van der Waals surface area (Å²) in [6.07, 6.45) is 4.02. The van der Waals surface area contributed by atoms with Crippen molar-refractivity contribution >= 4 is 5.78 Å². The number of hydrogen-bond acceptors (Lipinski definition) is 2. The van der Waals surface area contributed by atoms with Crippen LogP contribution in [0.2, 0.25) is 0 Å². The Bertz CT molecular complexity index is 657. The lowest BCUT2D eigenvalue weighted by Gasteiger charge is -2.26. The van der Waals surface area contributed by atoms with Crippen LogP contribution in [0.15, 0.2) is 36.5 Å². The molecule has 1 aliphatic heterocycles. The summed E-state index contributed by atoms with van der Waals surface area (Å²) in [5, 5.41) is 3.33. The minimum atomic E-state index is -0.308. The number of rotatable bonds is 3. The third-order valence-electron chi connectivity index (χ3n) is 4.15. The van der Waals surface area contributed by atoms with Crippen molar-refractivity contribution in [1.82, 2.24) is 9.88 Å². The lowest BCUT2D eigenvalue weighted by molar-refractivity contribution is 0.102. The Morgan fingerprint density at radius 1 is 1.29 bits per heavy atom. The molecule has 1 fully saturated rings. The minimum absolute atomic E-state index is 0.0315. The van der Waals surface area contributed by atoms with Gasteiger partial charge in [-0.25, -0.2) is 4.39 Å². The standard InChI is InChI=1S/C17H19FN2O/c1-12-11-13(18)4-5-15(12)17(21)16-3-2-10-20(16)14-6-8-19-9-7-14/h2-5,10-11,14,19H,6-9H2,1H3. The van der Waals surface area contributed by atoms with Gasteiger partial charge in [0.05, 0.1) is 5.69 Å². The van der Waals surface area contributed by atoms with Crippen LogP contribution in [0, 0.1) is 12.7 Å². The normalized spacial score (nSPS) is 16.1. The highest BCUT2D eigenvalue weighted by Gasteiger charge is 2.21. The van der Waals surface area contributed by atoms with Crippen LogP contribution in [-0.2, 0) is 0 Å². The maximum Gasteiger partial charge on any atom is 0.209 e. The van der Waals surface area contributed by atoms with Crippen molar-refractivity contribution in [3.8, 4) is 0 Å². The molecule has 0 spiro atoms. The number of carbonyl (C=O) groups is 1. The largest absolute Gasteiger partial charge is 0.342 e. The number of piperidine rings is 1. The first-order valence-electron chi connectivity index (χ1n) is 7.35. The number of hydrogen-bond donors (Lipinski definition) is 1. The quantitative estimate of drug-likeness (QED) is 0.880. The van der Waals surface area contributed by atoms with Crippen molar-refractivity contribution in [1.29, 1.82) is 0 Å². The zero-order valence-corrected chi connectivity index (χ0v) is 12.1. The summed E-state index contributed by atoms with van der Waals surface area (Å²) in [6, 6.07) is 8.46. The van der Waals surface area contributed by atoms with E-state index in [1.54, 1.807) is 13.0 Å². The third-order valence-corrected chi connectivity index (χ3v) is 4.15. The molecule has 0 unspecified atom stereocenters. The van der Waals surface area contributed by atoms with Crippen LogP contribution in [0.5, 0.6) is 0 Å². The molecule has 0 aliphatic carbocycles. The van der Waals surface area contributed by atoms with Gasteiger partial charge in [0.1, 0.15) is 5.82 Å². The molecule has 21 heavy (non-hydrogen) atoms. The molecular weight excluding hydrogens is 267 g/mol. The van der Waals surface area contributed by atoms with Gasteiger partial charge in [-0.05, 0) is 68.8 Å². The van der Waals surface area contributed by atoms with Crippen LogP contribution in [-0.4, -0.2) is 23.4 Å². The van der Waals surface area contributed by atoms with Gasteiger partial charge >= 0.3 is 0 Å². The van der Waals surface area contributed by atoms with Crippen LogP contribution in [0.25, 0.3) is 0 Å². The van der Waals surface area contributed by atoms with Crippen molar-refractivity contribution in [3.05, 3.63) is 59.2 Å². The summed E-state index contributed by atoms with van der Waals surface area (Å²) in [7, 11) is 0. The number of nitrogens with zero attached hydrogens (tertiary/aromatic N) is 1. The number of nitrogens with one attached hydrogen (secondary N) is 1. The first kappa shape index (κ1) is 14.0. The van der Waals surface area contributed by atoms with Gasteiger partial charge in [-0.15, -0.1) is 0 Å². The predicted octanol–water partition coefficient (Wildman–Crippen LogP) is 3.09.